The van der Waals surface area contributed by atoms with Gasteiger partial charge >= 0.3 is 0 Å². The first kappa shape index (κ1) is 21.2. The molecule has 0 spiro atoms. The summed E-state index contributed by atoms with van der Waals surface area (Å²) in [6.45, 7) is 3.78. The first-order chi connectivity index (χ1) is 14.7. The summed E-state index contributed by atoms with van der Waals surface area (Å²) in [6, 6.07) is 14.4. The Hall–Kier alpha value is -3.09. The lowest BCUT2D eigenvalue weighted by atomic mass is 9.99. The van der Waals surface area contributed by atoms with Gasteiger partial charge in [0.25, 0.3) is 0 Å². The number of hydrogen-bond acceptors (Lipinski definition) is 4. The van der Waals surface area contributed by atoms with Crippen LogP contribution >= 0.6 is 11.6 Å². The highest BCUT2D eigenvalue weighted by molar-refractivity contribution is 7.91. The Morgan fingerprint density at radius 3 is 2.32 bits per heavy atom. The van der Waals surface area contributed by atoms with Crippen molar-refractivity contribution in [3.05, 3.63) is 100.0 Å². The van der Waals surface area contributed by atoms with Crippen LogP contribution < -0.4 is 0 Å². The molecule has 0 saturated heterocycles. The van der Waals surface area contributed by atoms with Crippen LogP contribution in [0.5, 0.6) is 0 Å². The molecule has 4 rings (SSSR count). The van der Waals surface area contributed by atoms with E-state index in [9.17, 15) is 17.6 Å². The van der Waals surface area contributed by atoms with Crippen molar-refractivity contribution < 1.29 is 17.6 Å². The van der Waals surface area contributed by atoms with Crippen molar-refractivity contribution in [3.8, 4) is 0 Å². The Morgan fingerprint density at radius 2 is 1.65 bits per heavy atom. The maximum Gasteiger partial charge on any atom is 0.208 e. The van der Waals surface area contributed by atoms with Crippen molar-refractivity contribution in [1.29, 1.82) is 0 Å². The predicted molar refractivity (Wildman–Crippen MR) is 118 cm³/mol. The molecule has 156 valence electrons. The number of aryl methyl sites for hydroxylation is 2. The molecule has 0 amide bonds. The highest BCUT2D eigenvalue weighted by Crippen LogP contribution is 2.33. The number of nitrogens with zero attached hydrogens (tertiary/aromatic N) is 1. The standard InChI is InChI=1S/C24H17ClFNO3S/c1-14-3-4-16(11-15(14)2)23(28)21-13-27-22-10-7-18(26)12-20(22)24(21)31(29,30)19-8-5-17(25)6-9-19/h3-13H,1-2H3. The summed E-state index contributed by atoms with van der Waals surface area (Å²) in [5, 5.41) is 0.417. The number of rotatable bonds is 4. The smallest absolute Gasteiger partial charge is 0.208 e. The van der Waals surface area contributed by atoms with E-state index in [2.05, 4.69) is 4.98 Å². The van der Waals surface area contributed by atoms with Crippen LogP contribution in [0, 0.1) is 19.7 Å². The topological polar surface area (TPSA) is 64.1 Å². The monoisotopic (exact) mass is 453 g/mol. The van der Waals surface area contributed by atoms with E-state index in [0.29, 0.717) is 10.6 Å². The molecule has 0 saturated carbocycles. The fourth-order valence-electron chi connectivity index (χ4n) is 3.36. The number of pyridine rings is 1. The lowest BCUT2D eigenvalue weighted by Crippen LogP contribution is -2.13. The lowest BCUT2D eigenvalue weighted by molar-refractivity contribution is 0.103. The second-order valence-corrected chi connectivity index (χ2v) is 9.57. The van der Waals surface area contributed by atoms with Crippen molar-refractivity contribution >= 4 is 38.1 Å². The van der Waals surface area contributed by atoms with Crippen LogP contribution in [0.2, 0.25) is 5.02 Å². The molecule has 0 radical (unpaired) electrons. The average Bonchev–Trinajstić information content (AvgIpc) is 2.74. The number of halogens is 2. The zero-order valence-corrected chi connectivity index (χ0v) is 18.3. The molecule has 7 heteroatoms. The van der Waals surface area contributed by atoms with Crippen LogP contribution in [0.1, 0.15) is 27.0 Å². The molecule has 0 aliphatic carbocycles. The van der Waals surface area contributed by atoms with Gasteiger partial charge in [-0.15, -0.1) is 0 Å². The van der Waals surface area contributed by atoms with E-state index in [0.717, 1.165) is 17.2 Å². The number of aromatic nitrogens is 1. The Bertz CT molecular complexity index is 1450. The summed E-state index contributed by atoms with van der Waals surface area (Å²) < 4.78 is 41.3. The van der Waals surface area contributed by atoms with E-state index in [4.69, 9.17) is 11.6 Å². The zero-order valence-electron chi connectivity index (χ0n) is 16.7. The summed E-state index contributed by atoms with van der Waals surface area (Å²) in [5.74, 6) is -1.13. The van der Waals surface area contributed by atoms with Crippen molar-refractivity contribution in [2.75, 3.05) is 0 Å². The van der Waals surface area contributed by atoms with Gasteiger partial charge in [0.1, 0.15) is 5.82 Å². The lowest BCUT2D eigenvalue weighted by Gasteiger charge is -2.14. The molecule has 0 unspecified atom stereocenters. The second kappa shape index (κ2) is 7.87. The molecule has 31 heavy (non-hydrogen) atoms. The Balaban J connectivity index is 2.03. The predicted octanol–water partition coefficient (Wildman–Crippen LogP) is 5.71. The third-order valence-electron chi connectivity index (χ3n) is 5.19. The number of hydrogen-bond donors (Lipinski definition) is 0. The van der Waals surface area contributed by atoms with Crippen LogP contribution in [-0.4, -0.2) is 19.2 Å². The van der Waals surface area contributed by atoms with Crippen LogP contribution in [0.15, 0.2) is 76.7 Å². The summed E-state index contributed by atoms with van der Waals surface area (Å²) >= 11 is 5.90. The van der Waals surface area contributed by atoms with E-state index in [-0.39, 0.29) is 26.3 Å². The number of carbonyl (C=O) groups is 1. The largest absolute Gasteiger partial charge is 0.289 e. The number of ketones is 1. The van der Waals surface area contributed by atoms with Gasteiger partial charge in [0.15, 0.2) is 5.78 Å². The van der Waals surface area contributed by atoms with Crippen LogP contribution in [0.4, 0.5) is 4.39 Å². The van der Waals surface area contributed by atoms with E-state index in [1.807, 2.05) is 13.8 Å². The minimum absolute atomic E-state index is 0.0460. The molecule has 0 bridgehead atoms. The van der Waals surface area contributed by atoms with E-state index < -0.39 is 21.4 Å². The highest BCUT2D eigenvalue weighted by Gasteiger charge is 2.29. The Labute approximate surface area is 184 Å². The molecule has 0 aliphatic heterocycles. The van der Waals surface area contributed by atoms with Crippen molar-refractivity contribution in [1.82, 2.24) is 4.98 Å². The first-order valence-corrected chi connectivity index (χ1v) is 11.3. The van der Waals surface area contributed by atoms with Gasteiger partial charge in [-0.3, -0.25) is 9.78 Å². The van der Waals surface area contributed by atoms with Gasteiger partial charge in [0, 0.05) is 22.2 Å². The number of carbonyl (C=O) groups excluding carboxylic acids is 1. The minimum atomic E-state index is -4.19. The van der Waals surface area contributed by atoms with E-state index in [1.54, 1.807) is 18.2 Å². The summed E-state index contributed by atoms with van der Waals surface area (Å²) in [7, 11) is -4.19. The SMILES string of the molecule is Cc1ccc(C(=O)c2cnc3ccc(F)cc3c2S(=O)(=O)c2ccc(Cl)cc2)cc1C. The van der Waals surface area contributed by atoms with E-state index >= 15 is 0 Å². The Morgan fingerprint density at radius 1 is 0.935 bits per heavy atom. The quantitative estimate of drug-likeness (QED) is 0.371. The van der Waals surface area contributed by atoms with Crippen LogP contribution in [-0.2, 0) is 9.84 Å². The van der Waals surface area contributed by atoms with Gasteiger partial charge in [-0.25, -0.2) is 12.8 Å². The molecule has 1 heterocycles. The first-order valence-electron chi connectivity index (χ1n) is 9.39. The molecule has 3 aromatic carbocycles. The highest BCUT2D eigenvalue weighted by atomic mass is 35.5. The zero-order chi connectivity index (χ0) is 22.3. The maximum absolute atomic E-state index is 14.1. The summed E-state index contributed by atoms with van der Waals surface area (Å²) in [5.41, 5.74) is 2.38. The molecule has 0 N–H and O–H groups in total. The van der Waals surface area contributed by atoms with Crippen LogP contribution in [0.3, 0.4) is 0 Å². The summed E-state index contributed by atoms with van der Waals surface area (Å²) in [6.07, 6.45) is 1.24. The molecule has 0 aliphatic rings. The minimum Gasteiger partial charge on any atom is -0.289 e. The van der Waals surface area contributed by atoms with Crippen molar-refractivity contribution in [2.24, 2.45) is 0 Å². The fraction of sp³-hybridized carbons (Fsp3) is 0.0833. The van der Waals surface area contributed by atoms with Crippen molar-refractivity contribution in [2.45, 2.75) is 23.6 Å². The molecule has 1 aromatic heterocycles. The number of benzene rings is 3. The van der Waals surface area contributed by atoms with Gasteiger partial charge in [-0.2, -0.15) is 0 Å². The maximum atomic E-state index is 14.1. The molecular weight excluding hydrogens is 437 g/mol. The molecule has 0 fully saturated rings. The van der Waals surface area contributed by atoms with Gasteiger partial charge < -0.3 is 0 Å². The van der Waals surface area contributed by atoms with Gasteiger partial charge in [-0.1, -0.05) is 23.7 Å². The van der Waals surface area contributed by atoms with Crippen molar-refractivity contribution in [3.63, 3.8) is 0 Å². The third-order valence-corrected chi connectivity index (χ3v) is 7.31. The third kappa shape index (κ3) is 3.84. The Kier molecular flexibility index (Phi) is 5.37. The summed E-state index contributed by atoms with van der Waals surface area (Å²) in [4.78, 5) is 17.3. The second-order valence-electron chi connectivity index (χ2n) is 7.25. The van der Waals surface area contributed by atoms with Gasteiger partial charge in [0.2, 0.25) is 9.84 Å². The number of sulfone groups is 1. The molecule has 4 nitrogen and oxygen atoms in total. The molecule has 4 aromatic rings. The van der Waals surface area contributed by atoms with Gasteiger partial charge in [-0.05, 0) is 73.5 Å². The molecular formula is C24H17ClFNO3S. The van der Waals surface area contributed by atoms with Crippen LogP contribution in [0.25, 0.3) is 10.9 Å². The fourth-order valence-corrected chi connectivity index (χ4v) is 5.11. The number of fused-ring (bicyclic) bond motifs is 1. The van der Waals surface area contributed by atoms with E-state index in [1.165, 1.54) is 42.6 Å². The average molecular weight is 454 g/mol. The van der Waals surface area contributed by atoms with Gasteiger partial charge in [0.05, 0.1) is 20.9 Å². The molecule has 0 atom stereocenters. The normalized spacial score (nSPS) is 11.6.